The fourth-order valence-corrected chi connectivity index (χ4v) is 3.48. The Bertz CT molecular complexity index is 1090. The van der Waals surface area contributed by atoms with Crippen molar-refractivity contribution in [2.75, 3.05) is 19.5 Å². The van der Waals surface area contributed by atoms with Crippen LogP contribution in [0.3, 0.4) is 0 Å². The normalized spacial score (nSPS) is 13.0. The lowest BCUT2D eigenvalue weighted by atomic mass is 10.1. The van der Waals surface area contributed by atoms with Gasteiger partial charge in [0.25, 0.3) is 0 Å². The summed E-state index contributed by atoms with van der Waals surface area (Å²) < 4.78 is 27.0. The fraction of sp³-hybridized carbons (Fsp3) is 0.304. The van der Waals surface area contributed by atoms with Crippen LogP contribution >= 0.6 is 0 Å². The maximum atomic E-state index is 14.7. The van der Waals surface area contributed by atoms with Crippen LogP contribution in [0.4, 0.5) is 14.9 Å². The van der Waals surface area contributed by atoms with Crippen LogP contribution in [-0.2, 0) is 6.54 Å². The largest absolute Gasteiger partial charge is 0.497 e. The molecule has 1 aromatic heterocycles. The first-order chi connectivity index (χ1) is 15.0. The topological polar surface area (TPSA) is 68.6 Å². The van der Waals surface area contributed by atoms with Crippen LogP contribution < -0.4 is 14.8 Å². The predicted octanol–water partition coefficient (Wildman–Crippen LogP) is 4.53. The average molecular weight is 424 g/mol. The highest BCUT2D eigenvalue weighted by molar-refractivity contribution is 5.90. The number of anilines is 1. The van der Waals surface area contributed by atoms with Gasteiger partial charge in [-0.2, -0.15) is 0 Å². The van der Waals surface area contributed by atoms with E-state index in [1.165, 1.54) is 6.07 Å². The Morgan fingerprint density at radius 1 is 1.23 bits per heavy atom. The molecule has 0 aliphatic heterocycles. The molecule has 8 heteroatoms. The first-order valence-corrected chi connectivity index (χ1v) is 10.1. The fourth-order valence-electron chi connectivity index (χ4n) is 3.48. The maximum Gasteiger partial charge on any atom is 0.322 e. The molecule has 1 fully saturated rings. The highest BCUT2D eigenvalue weighted by atomic mass is 19.1. The molecule has 2 aromatic carbocycles. The van der Waals surface area contributed by atoms with Gasteiger partial charge in [-0.15, -0.1) is 0 Å². The molecule has 4 rings (SSSR count). The molecule has 0 bridgehead atoms. The first-order valence-electron chi connectivity index (χ1n) is 10.1. The Morgan fingerprint density at radius 2 is 2.03 bits per heavy atom. The van der Waals surface area contributed by atoms with E-state index in [4.69, 9.17) is 9.47 Å². The standard InChI is InChI=1S/C23H25FN4O3/c1-15-12-27(14-25-15)21-8-4-17(11-20(21)24)26-23(29)28(18-5-6-18)13-16-10-19(30-2)7-9-22(16)31-3/h4,7-12,14,18H,5-6,13H2,1-3H3,(H,26,29). The third-order valence-corrected chi connectivity index (χ3v) is 5.27. The Morgan fingerprint density at radius 3 is 2.65 bits per heavy atom. The lowest BCUT2D eigenvalue weighted by Gasteiger charge is -2.24. The summed E-state index contributed by atoms with van der Waals surface area (Å²) in [6.07, 6.45) is 5.18. The minimum Gasteiger partial charge on any atom is -0.497 e. The zero-order chi connectivity index (χ0) is 22.0. The Kier molecular flexibility index (Phi) is 5.79. The number of ether oxygens (including phenoxy) is 2. The number of amides is 2. The Hall–Kier alpha value is -3.55. The minimum atomic E-state index is -0.442. The molecule has 31 heavy (non-hydrogen) atoms. The van der Waals surface area contributed by atoms with Crippen molar-refractivity contribution in [3.63, 3.8) is 0 Å². The molecule has 0 unspecified atom stereocenters. The molecule has 0 saturated heterocycles. The number of carbonyl (C=O) groups excluding carboxylic acids is 1. The van der Waals surface area contributed by atoms with Crippen molar-refractivity contribution in [2.24, 2.45) is 0 Å². The number of aryl methyl sites for hydroxylation is 1. The lowest BCUT2D eigenvalue weighted by Crippen LogP contribution is -2.36. The number of methoxy groups -OCH3 is 2. The Labute approximate surface area is 180 Å². The van der Waals surface area contributed by atoms with Gasteiger partial charge in [-0.3, -0.25) is 0 Å². The van der Waals surface area contributed by atoms with Gasteiger partial charge in [-0.1, -0.05) is 0 Å². The molecule has 1 saturated carbocycles. The molecule has 1 N–H and O–H groups in total. The summed E-state index contributed by atoms with van der Waals surface area (Å²) in [7, 11) is 3.19. The number of nitrogens with one attached hydrogen (secondary N) is 1. The van der Waals surface area contributed by atoms with Gasteiger partial charge in [0.05, 0.1) is 38.5 Å². The third kappa shape index (κ3) is 4.63. The summed E-state index contributed by atoms with van der Waals surface area (Å²) >= 11 is 0. The van der Waals surface area contributed by atoms with Crippen molar-refractivity contribution >= 4 is 11.7 Å². The number of aromatic nitrogens is 2. The molecule has 3 aromatic rings. The van der Waals surface area contributed by atoms with E-state index in [9.17, 15) is 9.18 Å². The molecular formula is C23H25FN4O3. The van der Waals surface area contributed by atoms with Gasteiger partial charge >= 0.3 is 6.03 Å². The molecule has 1 heterocycles. The smallest absolute Gasteiger partial charge is 0.322 e. The molecule has 1 aliphatic carbocycles. The number of nitrogens with zero attached hydrogens (tertiary/aromatic N) is 3. The summed E-state index contributed by atoms with van der Waals surface area (Å²) in [5.74, 6) is 0.937. The summed E-state index contributed by atoms with van der Waals surface area (Å²) in [4.78, 5) is 18.9. The van der Waals surface area contributed by atoms with Crippen molar-refractivity contribution in [1.82, 2.24) is 14.5 Å². The third-order valence-electron chi connectivity index (χ3n) is 5.27. The molecular weight excluding hydrogens is 399 g/mol. The van der Waals surface area contributed by atoms with E-state index in [-0.39, 0.29) is 12.1 Å². The zero-order valence-corrected chi connectivity index (χ0v) is 17.8. The van der Waals surface area contributed by atoms with Crippen molar-refractivity contribution in [2.45, 2.75) is 32.4 Å². The van der Waals surface area contributed by atoms with Gasteiger partial charge in [0.2, 0.25) is 0 Å². The highest BCUT2D eigenvalue weighted by Gasteiger charge is 2.33. The number of hydrogen-bond acceptors (Lipinski definition) is 4. The van der Waals surface area contributed by atoms with Crippen molar-refractivity contribution in [3.8, 4) is 17.2 Å². The van der Waals surface area contributed by atoms with Gasteiger partial charge in [-0.05, 0) is 56.2 Å². The van der Waals surface area contributed by atoms with E-state index in [0.717, 1.165) is 24.1 Å². The number of urea groups is 1. The summed E-state index contributed by atoms with van der Waals surface area (Å²) in [6.45, 7) is 2.21. The van der Waals surface area contributed by atoms with Crippen LogP contribution in [0.25, 0.3) is 5.69 Å². The van der Waals surface area contributed by atoms with E-state index in [1.54, 1.807) is 48.3 Å². The first kappa shape index (κ1) is 20.7. The van der Waals surface area contributed by atoms with Crippen molar-refractivity contribution in [1.29, 1.82) is 0 Å². The van der Waals surface area contributed by atoms with E-state index < -0.39 is 5.82 Å². The van der Waals surface area contributed by atoms with Gasteiger partial charge in [-0.25, -0.2) is 14.2 Å². The second kappa shape index (κ2) is 8.67. The van der Waals surface area contributed by atoms with E-state index in [2.05, 4.69) is 10.3 Å². The number of carbonyl (C=O) groups is 1. The number of halogens is 1. The number of rotatable bonds is 7. The van der Waals surface area contributed by atoms with Gasteiger partial charge in [0.1, 0.15) is 17.3 Å². The Balaban J connectivity index is 1.52. The van der Waals surface area contributed by atoms with E-state index in [1.807, 2.05) is 25.1 Å². The van der Waals surface area contributed by atoms with Crippen LogP contribution in [0.2, 0.25) is 0 Å². The lowest BCUT2D eigenvalue weighted by molar-refractivity contribution is 0.205. The van der Waals surface area contributed by atoms with Crippen LogP contribution in [0, 0.1) is 12.7 Å². The molecule has 7 nitrogen and oxygen atoms in total. The minimum absolute atomic E-state index is 0.147. The molecule has 162 valence electrons. The summed E-state index contributed by atoms with van der Waals surface area (Å²) in [6, 6.07) is 10.00. The summed E-state index contributed by atoms with van der Waals surface area (Å²) in [5.41, 5.74) is 2.41. The van der Waals surface area contributed by atoms with Gasteiger partial charge in [0.15, 0.2) is 0 Å². The molecule has 0 radical (unpaired) electrons. The molecule has 2 amide bonds. The number of benzene rings is 2. The van der Waals surface area contributed by atoms with Gasteiger partial charge in [0, 0.05) is 23.5 Å². The van der Waals surface area contributed by atoms with E-state index >= 15 is 0 Å². The second-order valence-corrected chi connectivity index (χ2v) is 7.56. The van der Waals surface area contributed by atoms with Crippen LogP contribution in [0.5, 0.6) is 11.5 Å². The molecule has 1 aliphatic rings. The van der Waals surface area contributed by atoms with E-state index in [0.29, 0.717) is 29.4 Å². The predicted molar refractivity (Wildman–Crippen MR) is 115 cm³/mol. The highest BCUT2D eigenvalue weighted by Crippen LogP contribution is 2.32. The number of imidazole rings is 1. The molecule has 0 spiro atoms. The van der Waals surface area contributed by atoms with Crippen LogP contribution in [-0.4, -0.2) is 40.7 Å². The average Bonchev–Trinajstić information content (AvgIpc) is 3.51. The van der Waals surface area contributed by atoms with Crippen molar-refractivity contribution in [3.05, 3.63) is 66.0 Å². The van der Waals surface area contributed by atoms with Crippen LogP contribution in [0.15, 0.2) is 48.9 Å². The van der Waals surface area contributed by atoms with Gasteiger partial charge < -0.3 is 24.3 Å². The summed E-state index contributed by atoms with van der Waals surface area (Å²) in [5, 5.41) is 2.82. The van der Waals surface area contributed by atoms with Crippen LogP contribution in [0.1, 0.15) is 24.1 Å². The molecule has 0 atom stereocenters. The zero-order valence-electron chi connectivity index (χ0n) is 17.8. The monoisotopic (exact) mass is 424 g/mol. The number of hydrogen-bond donors (Lipinski definition) is 1. The SMILES string of the molecule is COc1ccc(OC)c(CN(C(=O)Nc2ccc(-n3cnc(C)c3)c(F)c2)C2CC2)c1. The van der Waals surface area contributed by atoms with Crippen molar-refractivity contribution < 1.29 is 18.7 Å². The second-order valence-electron chi connectivity index (χ2n) is 7.56. The quantitative estimate of drug-likeness (QED) is 0.605. The maximum absolute atomic E-state index is 14.7.